The quantitative estimate of drug-likeness (QED) is 0.852. The van der Waals surface area contributed by atoms with Crippen LogP contribution in [0, 0.1) is 22.7 Å². The number of methoxy groups -OCH3 is 1. The van der Waals surface area contributed by atoms with E-state index in [9.17, 15) is 0 Å². The fraction of sp³-hybridized carbons (Fsp3) is 0.562. The molecule has 102 valence electrons. The zero-order chi connectivity index (χ0) is 13.9. The number of benzene rings is 1. The van der Waals surface area contributed by atoms with Gasteiger partial charge in [-0.2, -0.15) is 5.26 Å². The van der Waals surface area contributed by atoms with Crippen LogP contribution in [0.2, 0.25) is 0 Å². The molecule has 0 unspecified atom stereocenters. The molecule has 1 saturated carbocycles. The Balaban J connectivity index is 1.92. The molecule has 1 fully saturated rings. The number of rotatable bonds is 6. The fourth-order valence-electron chi connectivity index (χ4n) is 2.53. The monoisotopic (exact) mass is 258 g/mol. The summed E-state index contributed by atoms with van der Waals surface area (Å²) in [4.78, 5) is 0. The van der Waals surface area contributed by atoms with Gasteiger partial charge in [0.15, 0.2) is 0 Å². The van der Waals surface area contributed by atoms with Gasteiger partial charge in [-0.05, 0) is 41.9 Å². The minimum atomic E-state index is 0.518. The zero-order valence-electron chi connectivity index (χ0n) is 12.0. The summed E-state index contributed by atoms with van der Waals surface area (Å²) in [5.41, 5.74) is 2.26. The van der Waals surface area contributed by atoms with Gasteiger partial charge in [-0.15, -0.1) is 0 Å². The Hall–Kier alpha value is -1.53. The standard InChI is InChI=1S/C16H22N2O/c1-12(2)16(6-7-16)11-18-10-13-4-5-15(19-3)14(8-13)9-17/h4-5,8,12,18H,6-7,10-11H2,1-3H3. The van der Waals surface area contributed by atoms with Crippen molar-refractivity contribution in [1.82, 2.24) is 5.32 Å². The highest BCUT2D eigenvalue weighted by atomic mass is 16.5. The average Bonchev–Trinajstić information content (AvgIpc) is 3.19. The molecule has 0 radical (unpaired) electrons. The Morgan fingerprint density at radius 2 is 2.16 bits per heavy atom. The first-order valence-electron chi connectivity index (χ1n) is 6.89. The largest absolute Gasteiger partial charge is 0.495 e. The summed E-state index contributed by atoms with van der Waals surface area (Å²) in [6, 6.07) is 7.96. The van der Waals surface area contributed by atoms with E-state index in [1.807, 2.05) is 18.2 Å². The van der Waals surface area contributed by atoms with Crippen molar-refractivity contribution in [2.24, 2.45) is 11.3 Å². The highest BCUT2D eigenvalue weighted by molar-refractivity contribution is 5.45. The maximum Gasteiger partial charge on any atom is 0.136 e. The third-order valence-electron chi connectivity index (χ3n) is 4.31. The molecule has 0 aromatic heterocycles. The van der Waals surface area contributed by atoms with E-state index in [2.05, 4.69) is 25.2 Å². The molecule has 2 rings (SSSR count). The summed E-state index contributed by atoms with van der Waals surface area (Å²) in [7, 11) is 1.59. The van der Waals surface area contributed by atoms with Gasteiger partial charge in [0.1, 0.15) is 11.8 Å². The SMILES string of the molecule is COc1ccc(CNCC2(C(C)C)CC2)cc1C#N. The molecule has 0 amide bonds. The molecule has 3 nitrogen and oxygen atoms in total. The van der Waals surface area contributed by atoms with Crippen molar-refractivity contribution < 1.29 is 4.74 Å². The van der Waals surface area contributed by atoms with E-state index in [1.165, 1.54) is 12.8 Å². The topological polar surface area (TPSA) is 45.0 Å². The van der Waals surface area contributed by atoms with Crippen LogP contribution in [0.3, 0.4) is 0 Å². The molecule has 1 N–H and O–H groups in total. The van der Waals surface area contributed by atoms with Crippen LogP contribution in [0.4, 0.5) is 0 Å². The van der Waals surface area contributed by atoms with E-state index < -0.39 is 0 Å². The molecule has 0 spiro atoms. The van der Waals surface area contributed by atoms with E-state index >= 15 is 0 Å². The Bertz CT molecular complexity index is 484. The predicted molar refractivity (Wildman–Crippen MR) is 75.9 cm³/mol. The van der Waals surface area contributed by atoms with E-state index in [4.69, 9.17) is 10.00 Å². The van der Waals surface area contributed by atoms with Crippen molar-refractivity contribution in [2.75, 3.05) is 13.7 Å². The molecule has 0 saturated heterocycles. The van der Waals surface area contributed by atoms with Gasteiger partial charge in [0.2, 0.25) is 0 Å². The minimum absolute atomic E-state index is 0.518. The Kier molecular flexibility index (Phi) is 4.11. The molecule has 0 aliphatic heterocycles. The lowest BCUT2D eigenvalue weighted by Gasteiger charge is -2.20. The van der Waals surface area contributed by atoms with Gasteiger partial charge in [0.05, 0.1) is 12.7 Å². The molecule has 0 heterocycles. The van der Waals surface area contributed by atoms with Crippen molar-refractivity contribution in [3.05, 3.63) is 29.3 Å². The third-order valence-corrected chi connectivity index (χ3v) is 4.31. The van der Waals surface area contributed by atoms with Crippen LogP contribution in [0.5, 0.6) is 5.75 Å². The molecule has 3 heteroatoms. The lowest BCUT2D eigenvalue weighted by Crippen LogP contribution is -2.27. The zero-order valence-corrected chi connectivity index (χ0v) is 12.0. The van der Waals surface area contributed by atoms with Crippen LogP contribution in [0.15, 0.2) is 18.2 Å². The smallest absolute Gasteiger partial charge is 0.136 e. The summed E-state index contributed by atoms with van der Waals surface area (Å²) >= 11 is 0. The highest BCUT2D eigenvalue weighted by Crippen LogP contribution is 2.51. The van der Waals surface area contributed by atoms with Gasteiger partial charge in [-0.3, -0.25) is 0 Å². The normalized spacial score (nSPS) is 16.2. The Morgan fingerprint density at radius 3 is 2.68 bits per heavy atom. The Labute approximate surface area is 115 Å². The molecule has 1 aromatic rings. The van der Waals surface area contributed by atoms with Gasteiger partial charge in [-0.1, -0.05) is 19.9 Å². The minimum Gasteiger partial charge on any atom is -0.495 e. The van der Waals surface area contributed by atoms with E-state index in [0.717, 1.165) is 24.6 Å². The molecule has 1 aromatic carbocycles. The van der Waals surface area contributed by atoms with Crippen molar-refractivity contribution in [1.29, 1.82) is 5.26 Å². The van der Waals surface area contributed by atoms with Crippen LogP contribution >= 0.6 is 0 Å². The maximum atomic E-state index is 9.06. The van der Waals surface area contributed by atoms with Crippen molar-refractivity contribution >= 4 is 0 Å². The van der Waals surface area contributed by atoms with Crippen LogP contribution in [-0.2, 0) is 6.54 Å². The summed E-state index contributed by atoms with van der Waals surface area (Å²) in [6.45, 7) is 6.48. The van der Waals surface area contributed by atoms with Crippen molar-refractivity contribution in [3.8, 4) is 11.8 Å². The highest BCUT2D eigenvalue weighted by Gasteiger charge is 2.44. The second kappa shape index (κ2) is 5.63. The second-order valence-corrected chi connectivity index (χ2v) is 5.77. The van der Waals surface area contributed by atoms with Crippen LogP contribution in [0.25, 0.3) is 0 Å². The molecule has 1 aliphatic rings. The van der Waals surface area contributed by atoms with E-state index in [-0.39, 0.29) is 0 Å². The molecule has 0 atom stereocenters. The predicted octanol–water partition coefficient (Wildman–Crippen LogP) is 3.09. The summed E-state index contributed by atoms with van der Waals surface area (Å²) in [5, 5.41) is 12.6. The summed E-state index contributed by atoms with van der Waals surface area (Å²) in [6.07, 6.45) is 2.67. The number of nitrogens with one attached hydrogen (secondary N) is 1. The van der Waals surface area contributed by atoms with Crippen LogP contribution < -0.4 is 10.1 Å². The van der Waals surface area contributed by atoms with Crippen molar-refractivity contribution in [3.63, 3.8) is 0 Å². The fourth-order valence-corrected chi connectivity index (χ4v) is 2.53. The third kappa shape index (κ3) is 3.08. The lowest BCUT2D eigenvalue weighted by molar-refractivity contribution is 0.338. The molecule has 1 aliphatic carbocycles. The van der Waals surface area contributed by atoms with Gasteiger partial charge in [0.25, 0.3) is 0 Å². The van der Waals surface area contributed by atoms with Crippen molar-refractivity contribution in [2.45, 2.75) is 33.2 Å². The van der Waals surface area contributed by atoms with Gasteiger partial charge >= 0.3 is 0 Å². The van der Waals surface area contributed by atoms with Crippen LogP contribution in [0.1, 0.15) is 37.8 Å². The average molecular weight is 258 g/mol. The number of ether oxygens (including phenoxy) is 1. The van der Waals surface area contributed by atoms with Gasteiger partial charge in [0, 0.05) is 13.1 Å². The molecule has 0 bridgehead atoms. The summed E-state index contributed by atoms with van der Waals surface area (Å²) in [5.74, 6) is 1.39. The first-order chi connectivity index (χ1) is 9.11. The Morgan fingerprint density at radius 1 is 1.42 bits per heavy atom. The maximum absolute atomic E-state index is 9.06. The molecular formula is C16H22N2O. The first kappa shape index (κ1) is 13.9. The number of nitriles is 1. The van der Waals surface area contributed by atoms with Crippen LogP contribution in [-0.4, -0.2) is 13.7 Å². The van der Waals surface area contributed by atoms with Gasteiger partial charge < -0.3 is 10.1 Å². The number of hydrogen-bond donors (Lipinski definition) is 1. The van der Waals surface area contributed by atoms with E-state index in [0.29, 0.717) is 16.7 Å². The number of nitrogens with zero attached hydrogens (tertiary/aromatic N) is 1. The second-order valence-electron chi connectivity index (χ2n) is 5.77. The van der Waals surface area contributed by atoms with Gasteiger partial charge in [-0.25, -0.2) is 0 Å². The number of hydrogen-bond acceptors (Lipinski definition) is 3. The molecular weight excluding hydrogens is 236 g/mol. The van der Waals surface area contributed by atoms with E-state index in [1.54, 1.807) is 7.11 Å². The lowest BCUT2D eigenvalue weighted by atomic mass is 9.92. The first-order valence-corrected chi connectivity index (χ1v) is 6.89. The summed E-state index contributed by atoms with van der Waals surface area (Å²) < 4.78 is 5.15. The molecule has 19 heavy (non-hydrogen) atoms.